The molecule has 2 aromatic rings. The maximum atomic E-state index is 13.9. The quantitative estimate of drug-likeness (QED) is 0.879. The molecule has 3 N–H and O–H groups in total. The van der Waals surface area contributed by atoms with Crippen LogP contribution in [0.15, 0.2) is 48.5 Å². The fraction of sp³-hybridized carbons (Fsp3) is 0.278. The number of carbonyl (C=O) groups excluding carboxylic acids is 1. The Morgan fingerprint density at radius 3 is 2.30 bits per heavy atom. The molecule has 2 rings (SSSR count). The van der Waals surface area contributed by atoms with Gasteiger partial charge >= 0.3 is 0 Å². The van der Waals surface area contributed by atoms with Crippen LogP contribution in [-0.4, -0.2) is 12.5 Å². The van der Waals surface area contributed by atoms with E-state index in [0.717, 1.165) is 5.56 Å². The lowest BCUT2D eigenvalue weighted by molar-refractivity contribution is 0.0945. The molecule has 0 saturated carbocycles. The van der Waals surface area contributed by atoms with Gasteiger partial charge in [-0.05, 0) is 29.3 Å². The molecule has 0 aliphatic rings. The molecule has 124 valence electrons. The van der Waals surface area contributed by atoms with Gasteiger partial charge in [0.2, 0.25) is 0 Å². The van der Waals surface area contributed by atoms with E-state index >= 15 is 0 Å². The van der Waals surface area contributed by atoms with Crippen molar-refractivity contribution in [1.82, 2.24) is 5.32 Å². The average Bonchev–Trinajstić information content (AvgIpc) is 2.53. The van der Waals surface area contributed by atoms with E-state index in [2.05, 4.69) is 5.32 Å². The van der Waals surface area contributed by atoms with E-state index in [1.165, 1.54) is 6.07 Å². The van der Waals surface area contributed by atoms with Crippen LogP contribution in [0.3, 0.4) is 0 Å². The van der Waals surface area contributed by atoms with Gasteiger partial charge in [0, 0.05) is 24.1 Å². The molecule has 0 aliphatic heterocycles. The molecule has 1 amide bonds. The molecule has 0 aliphatic carbocycles. The highest BCUT2D eigenvalue weighted by atomic mass is 35.5. The summed E-state index contributed by atoms with van der Waals surface area (Å²) in [5, 5.41) is 2.87. The Bertz CT molecular complexity index is 656. The number of nitrogens with one attached hydrogen (secondary N) is 1. The topological polar surface area (TPSA) is 55.1 Å². The van der Waals surface area contributed by atoms with Crippen molar-refractivity contribution in [1.29, 1.82) is 0 Å². The van der Waals surface area contributed by atoms with Crippen LogP contribution in [0.25, 0.3) is 0 Å². The summed E-state index contributed by atoms with van der Waals surface area (Å²) >= 11 is 0. The van der Waals surface area contributed by atoms with Crippen molar-refractivity contribution in [2.45, 2.75) is 25.8 Å². The first-order valence-corrected chi connectivity index (χ1v) is 7.26. The highest BCUT2D eigenvalue weighted by Crippen LogP contribution is 2.24. The zero-order valence-electron chi connectivity index (χ0n) is 13.3. The van der Waals surface area contributed by atoms with Gasteiger partial charge in [-0.2, -0.15) is 0 Å². The third-order valence-electron chi connectivity index (χ3n) is 3.75. The summed E-state index contributed by atoms with van der Waals surface area (Å²) in [6, 6.07) is 13.8. The van der Waals surface area contributed by atoms with Crippen molar-refractivity contribution in [2.24, 2.45) is 5.73 Å². The number of nitrogens with two attached hydrogens (primary N) is 1. The Hall–Kier alpha value is -1.91. The second kappa shape index (κ2) is 8.09. The molecule has 23 heavy (non-hydrogen) atoms. The van der Waals surface area contributed by atoms with E-state index in [-0.39, 0.29) is 24.1 Å². The Balaban J connectivity index is 0.00000264. The van der Waals surface area contributed by atoms with Crippen molar-refractivity contribution < 1.29 is 9.18 Å². The molecule has 3 nitrogen and oxygen atoms in total. The number of rotatable bonds is 5. The Labute approximate surface area is 142 Å². The minimum atomic E-state index is -0.488. The summed E-state index contributed by atoms with van der Waals surface area (Å²) < 4.78 is 13.9. The fourth-order valence-corrected chi connectivity index (χ4v) is 2.30. The number of benzene rings is 2. The first-order valence-electron chi connectivity index (χ1n) is 7.26. The van der Waals surface area contributed by atoms with Crippen molar-refractivity contribution in [3.8, 4) is 0 Å². The number of hydrogen-bond acceptors (Lipinski definition) is 2. The average molecular weight is 337 g/mol. The zero-order valence-corrected chi connectivity index (χ0v) is 14.1. The van der Waals surface area contributed by atoms with Gasteiger partial charge in [-0.15, -0.1) is 12.4 Å². The van der Waals surface area contributed by atoms with E-state index in [1.54, 1.807) is 30.3 Å². The Kier molecular flexibility index (Phi) is 6.73. The first kappa shape index (κ1) is 19.1. The summed E-state index contributed by atoms with van der Waals surface area (Å²) in [5.41, 5.74) is 7.18. The van der Waals surface area contributed by atoms with Gasteiger partial charge in [0.25, 0.3) is 5.91 Å². The molecule has 0 unspecified atom stereocenters. The third kappa shape index (κ3) is 4.78. The van der Waals surface area contributed by atoms with Gasteiger partial charge in [-0.1, -0.05) is 44.2 Å². The third-order valence-corrected chi connectivity index (χ3v) is 3.75. The highest BCUT2D eigenvalue weighted by Gasteiger charge is 2.24. The van der Waals surface area contributed by atoms with Gasteiger partial charge in [0.1, 0.15) is 5.82 Å². The maximum Gasteiger partial charge on any atom is 0.251 e. The van der Waals surface area contributed by atoms with Crippen LogP contribution in [0.4, 0.5) is 4.39 Å². The van der Waals surface area contributed by atoms with Crippen LogP contribution in [0.5, 0.6) is 0 Å². The van der Waals surface area contributed by atoms with Crippen LogP contribution in [0, 0.1) is 5.82 Å². The van der Waals surface area contributed by atoms with E-state index in [0.29, 0.717) is 24.2 Å². The smallest absolute Gasteiger partial charge is 0.251 e. The number of amides is 1. The first-order chi connectivity index (χ1) is 10.4. The van der Waals surface area contributed by atoms with Crippen LogP contribution in [0.2, 0.25) is 0 Å². The lowest BCUT2D eigenvalue weighted by Crippen LogP contribution is -2.37. The minimum absolute atomic E-state index is 0. The second-order valence-electron chi connectivity index (χ2n) is 5.95. The highest BCUT2D eigenvalue weighted by molar-refractivity contribution is 5.94. The summed E-state index contributed by atoms with van der Waals surface area (Å²) in [5.74, 6) is -0.429. The molecule has 0 atom stereocenters. The van der Waals surface area contributed by atoms with E-state index in [4.69, 9.17) is 5.73 Å². The second-order valence-corrected chi connectivity index (χ2v) is 5.95. The largest absolute Gasteiger partial charge is 0.351 e. The molecule has 2 aromatic carbocycles. The van der Waals surface area contributed by atoms with Crippen molar-refractivity contribution >= 4 is 18.3 Å². The standard InChI is InChI=1S/C18H21FN2O.ClH/c1-18(2,15-5-3-4-6-16(15)19)12-21-17(22)14-9-7-13(11-20)8-10-14;/h3-10H,11-12,20H2,1-2H3,(H,21,22);1H. The van der Waals surface area contributed by atoms with E-state index in [9.17, 15) is 9.18 Å². The van der Waals surface area contributed by atoms with Gasteiger partial charge in [0.05, 0.1) is 0 Å². The van der Waals surface area contributed by atoms with Crippen LogP contribution >= 0.6 is 12.4 Å². The van der Waals surface area contributed by atoms with Crippen LogP contribution < -0.4 is 11.1 Å². The summed E-state index contributed by atoms with van der Waals surface area (Å²) in [6.45, 7) is 4.61. The fourth-order valence-electron chi connectivity index (χ4n) is 2.30. The van der Waals surface area contributed by atoms with Gasteiger partial charge in [-0.3, -0.25) is 4.79 Å². The van der Waals surface area contributed by atoms with E-state index < -0.39 is 5.41 Å². The van der Waals surface area contributed by atoms with Crippen molar-refractivity contribution in [3.63, 3.8) is 0 Å². The molecule has 0 aromatic heterocycles. The van der Waals surface area contributed by atoms with Gasteiger partial charge < -0.3 is 11.1 Å². The van der Waals surface area contributed by atoms with Gasteiger partial charge in [-0.25, -0.2) is 4.39 Å². The SMILES string of the molecule is CC(C)(CNC(=O)c1ccc(CN)cc1)c1ccccc1F.Cl. The molecule has 0 radical (unpaired) electrons. The minimum Gasteiger partial charge on any atom is -0.351 e. The summed E-state index contributed by atoms with van der Waals surface area (Å²) in [4.78, 5) is 12.2. The lowest BCUT2D eigenvalue weighted by Gasteiger charge is -2.26. The molecule has 0 fully saturated rings. The monoisotopic (exact) mass is 336 g/mol. The number of hydrogen-bond donors (Lipinski definition) is 2. The molecular weight excluding hydrogens is 315 g/mol. The summed E-state index contributed by atoms with van der Waals surface area (Å²) in [7, 11) is 0. The predicted octanol–water partition coefficient (Wildman–Crippen LogP) is 3.41. The molecule has 0 heterocycles. The molecule has 0 spiro atoms. The molecule has 5 heteroatoms. The normalized spacial score (nSPS) is 10.8. The van der Waals surface area contributed by atoms with Crippen molar-refractivity contribution in [2.75, 3.05) is 6.54 Å². The molecule has 0 bridgehead atoms. The zero-order chi connectivity index (χ0) is 16.2. The van der Waals surface area contributed by atoms with Crippen LogP contribution in [0.1, 0.15) is 35.3 Å². The molecular formula is C18H22ClFN2O. The van der Waals surface area contributed by atoms with E-state index in [1.807, 2.05) is 26.0 Å². The number of halogens is 2. The predicted molar refractivity (Wildman–Crippen MR) is 93.3 cm³/mol. The maximum absolute atomic E-state index is 13.9. The summed E-state index contributed by atoms with van der Waals surface area (Å²) in [6.07, 6.45) is 0. The number of carbonyl (C=O) groups is 1. The lowest BCUT2D eigenvalue weighted by atomic mass is 9.84. The van der Waals surface area contributed by atoms with Gasteiger partial charge in [0.15, 0.2) is 0 Å². The van der Waals surface area contributed by atoms with Crippen LogP contribution in [-0.2, 0) is 12.0 Å². The Morgan fingerprint density at radius 2 is 1.74 bits per heavy atom. The Morgan fingerprint density at radius 1 is 1.13 bits per heavy atom. The van der Waals surface area contributed by atoms with Crippen molar-refractivity contribution in [3.05, 3.63) is 71.0 Å². The molecule has 0 saturated heterocycles.